The number of amides is 2. The zero-order chi connectivity index (χ0) is 11.8. The van der Waals surface area contributed by atoms with Crippen molar-refractivity contribution in [3.05, 3.63) is 0 Å². The van der Waals surface area contributed by atoms with E-state index in [1.165, 1.54) is 12.8 Å². The highest BCUT2D eigenvalue weighted by molar-refractivity contribution is 5.74. The van der Waals surface area contributed by atoms with Gasteiger partial charge in [-0.05, 0) is 19.3 Å². The molecular formula is C12H24N2O2. The van der Waals surface area contributed by atoms with Gasteiger partial charge in [0.2, 0.25) is 0 Å². The van der Waals surface area contributed by atoms with Crippen LogP contribution < -0.4 is 5.32 Å². The summed E-state index contributed by atoms with van der Waals surface area (Å²) in [6, 6.07) is 0.496. The second kappa shape index (κ2) is 7.49. The number of rotatable bonds is 4. The number of carbonyl (C=O) groups excluding carboxylic acids is 1. The molecule has 1 fully saturated rings. The quantitative estimate of drug-likeness (QED) is 0.748. The molecule has 4 nitrogen and oxygen atoms in total. The van der Waals surface area contributed by atoms with Gasteiger partial charge in [0.1, 0.15) is 0 Å². The molecule has 1 rings (SSSR count). The van der Waals surface area contributed by atoms with Crippen LogP contribution in [0.3, 0.4) is 0 Å². The maximum absolute atomic E-state index is 12.0. The summed E-state index contributed by atoms with van der Waals surface area (Å²) in [7, 11) is 1.65. The summed E-state index contributed by atoms with van der Waals surface area (Å²) in [5.74, 6) is 0. The fraction of sp³-hybridized carbons (Fsp3) is 0.917. The summed E-state index contributed by atoms with van der Waals surface area (Å²) >= 11 is 0. The van der Waals surface area contributed by atoms with Gasteiger partial charge in [0, 0.05) is 26.2 Å². The van der Waals surface area contributed by atoms with E-state index in [2.05, 4.69) is 12.2 Å². The second-order valence-corrected chi connectivity index (χ2v) is 4.33. The van der Waals surface area contributed by atoms with Crippen molar-refractivity contribution in [1.82, 2.24) is 10.2 Å². The van der Waals surface area contributed by atoms with Crippen molar-refractivity contribution < 1.29 is 9.53 Å². The Kier molecular flexibility index (Phi) is 6.23. The molecule has 1 heterocycles. The van der Waals surface area contributed by atoms with E-state index in [0.29, 0.717) is 19.2 Å². The summed E-state index contributed by atoms with van der Waals surface area (Å²) in [6.07, 6.45) is 5.83. The monoisotopic (exact) mass is 228 g/mol. The molecule has 4 heteroatoms. The first kappa shape index (κ1) is 13.3. The van der Waals surface area contributed by atoms with Gasteiger partial charge in [-0.25, -0.2) is 4.79 Å². The number of carbonyl (C=O) groups is 1. The molecule has 2 amide bonds. The lowest BCUT2D eigenvalue weighted by Crippen LogP contribution is -2.46. The Morgan fingerprint density at radius 2 is 2.25 bits per heavy atom. The average Bonchev–Trinajstić information content (AvgIpc) is 2.54. The van der Waals surface area contributed by atoms with Crippen LogP contribution in [-0.2, 0) is 4.74 Å². The van der Waals surface area contributed by atoms with Gasteiger partial charge in [0.05, 0.1) is 6.61 Å². The largest absolute Gasteiger partial charge is 0.383 e. The minimum absolute atomic E-state index is 0.0748. The Morgan fingerprint density at radius 1 is 1.44 bits per heavy atom. The van der Waals surface area contributed by atoms with Crippen molar-refractivity contribution in [2.45, 2.75) is 45.1 Å². The molecule has 94 valence electrons. The standard InChI is InChI=1S/C12H24N2O2/c1-3-11-7-5-4-6-9-14(11)12(15)13-8-10-16-2/h11H,3-10H2,1-2H3,(H,13,15). The van der Waals surface area contributed by atoms with Crippen LogP contribution >= 0.6 is 0 Å². The van der Waals surface area contributed by atoms with Crippen LogP contribution in [0.5, 0.6) is 0 Å². The topological polar surface area (TPSA) is 41.6 Å². The summed E-state index contributed by atoms with van der Waals surface area (Å²) in [6.45, 7) is 4.24. The fourth-order valence-electron chi connectivity index (χ4n) is 2.23. The third-order valence-corrected chi connectivity index (χ3v) is 3.19. The van der Waals surface area contributed by atoms with Crippen LogP contribution in [-0.4, -0.2) is 43.8 Å². The molecule has 1 atom stereocenters. The molecule has 0 aromatic heterocycles. The van der Waals surface area contributed by atoms with Gasteiger partial charge in [-0.15, -0.1) is 0 Å². The first-order chi connectivity index (χ1) is 7.79. The van der Waals surface area contributed by atoms with Gasteiger partial charge < -0.3 is 15.0 Å². The van der Waals surface area contributed by atoms with Crippen LogP contribution in [0.2, 0.25) is 0 Å². The van der Waals surface area contributed by atoms with Crippen LogP contribution in [0, 0.1) is 0 Å². The van der Waals surface area contributed by atoms with Crippen molar-refractivity contribution in [1.29, 1.82) is 0 Å². The number of nitrogens with zero attached hydrogens (tertiary/aromatic N) is 1. The number of likely N-dealkylation sites (tertiary alicyclic amines) is 1. The van der Waals surface area contributed by atoms with E-state index in [0.717, 1.165) is 25.8 Å². The molecule has 16 heavy (non-hydrogen) atoms. The third kappa shape index (κ3) is 4.00. The maximum Gasteiger partial charge on any atom is 0.317 e. The normalized spacial score (nSPS) is 21.6. The number of nitrogens with one attached hydrogen (secondary N) is 1. The molecule has 0 saturated carbocycles. The van der Waals surface area contributed by atoms with Crippen molar-refractivity contribution >= 4 is 6.03 Å². The van der Waals surface area contributed by atoms with Crippen LogP contribution in [0.4, 0.5) is 4.79 Å². The molecule has 1 N–H and O–H groups in total. The number of ether oxygens (including phenoxy) is 1. The fourth-order valence-corrected chi connectivity index (χ4v) is 2.23. The maximum atomic E-state index is 12.0. The lowest BCUT2D eigenvalue weighted by Gasteiger charge is -2.29. The lowest BCUT2D eigenvalue weighted by atomic mass is 10.1. The highest BCUT2D eigenvalue weighted by Crippen LogP contribution is 2.18. The molecule has 1 aliphatic rings. The number of hydrogen-bond acceptors (Lipinski definition) is 2. The summed E-state index contributed by atoms with van der Waals surface area (Å²) in [5.41, 5.74) is 0. The molecule has 0 aromatic rings. The van der Waals surface area contributed by atoms with E-state index >= 15 is 0 Å². The Bertz CT molecular complexity index is 209. The minimum Gasteiger partial charge on any atom is -0.383 e. The first-order valence-corrected chi connectivity index (χ1v) is 6.33. The summed E-state index contributed by atoms with van der Waals surface area (Å²) in [5, 5.41) is 2.91. The van der Waals surface area contributed by atoms with E-state index in [-0.39, 0.29) is 6.03 Å². The molecule has 0 aliphatic carbocycles. The van der Waals surface area contributed by atoms with Gasteiger partial charge >= 0.3 is 6.03 Å². The highest BCUT2D eigenvalue weighted by atomic mass is 16.5. The zero-order valence-electron chi connectivity index (χ0n) is 10.5. The average molecular weight is 228 g/mol. The van der Waals surface area contributed by atoms with Crippen molar-refractivity contribution in [3.8, 4) is 0 Å². The molecular weight excluding hydrogens is 204 g/mol. The van der Waals surface area contributed by atoms with Crippen molar-refractivity contribution in [2.75, 3.05) is 26.8 Å². The van der Waals surface area contributed by atoms with E-state index < -0.39 is 0 Å². The van der Waals surface area contributed by atoms with Crippen molar-refractivity contribution in [3.63, 3.8) is 0 Å². The Hall–Kier alpha value is -0.770. The van der Waals surface area contributed by atoms with Crippen molar-refractivity contribution in [2.24, 2.45) is 0 Å². The molecule has 0 bridgehead atoms. The van der Waals surface area contributed by atoms with Gasteiger partial charge in [0.25, 0.3) is 0 Å². The third-order valence-electron chi connectivity index (χ3n) is 3.19. The number of urea groups is 1. The Balaban J connectivity index is 2.42. The summed E-state index contributed by atoms with van der Waals surface area (Å²) in [4.78, 5) is 14.0. The lowest BCUT2D eigenvalue weighted by molar-refractivity contribution is 0.163. The van der Waals surface area contributed by atoms with E-state index in [1.54, 1.807) is 7.11 Å². The number of methoxy groups -OCH3 is 1. The predicted molar refractivity (Wildman–Crippen MR) is 64.5 cm³/mol. The van der Waals surface area contributed by atoms with Gasteiger partial charge in [0.15, 0.2) is 0 Å². The van der Waals surface area contributed by atoms with Crippen LogP contribution in [0.25, 0.3) is 0 Å². The molecule has 1 aliphatic heterocycles. The first-order valence-electron chi connectivity index (χ1n) is 6.33. The molecule has 1 unspecified atom stereocenters. The van der Waals surface area contributed by atoms with Gasteiger partial charge in [-0.3, -0.25) is 0 Å². The van der Waals surface area contributed by atoms with E-state index in [4.69, 9.17) is 4.74 Å². The summed E-state index contributed by atoms with van der Waals surface area (Å²) < 4.78 is 4.92. The van der Waals surface area contributed by atoms with Crippen LogP contribution in [0.15, 0.2) is 0 Å². The highest BCUT2D eigenvalue weighted by Gasteiger charge is 2.23. The molecule has 0 radical (unpaired) electrons. The SMILES string of the molecule is CCC1CCCCCN1C(=O)NCCOC. The zero-order valence-corrected chi connectivity index (χ0v) is 10.5. The second-order valence-electron chi connectivity index (χ2n) is 4.33. The molecule has 0 aromatic carbocycles. The number of hydrogen-bond donors (Lipinski definition) is 1. The van der Waals surface area contributed by atoms with Gasteiger partial charge in [-0.1, -0.05) is 19.8 Å². The minimum atomic E-state index is 0.0748. The molecule has 1 saturated heterocycles. The molecule has 0 spiro atoms. The van der Waals surface area contributed by atoms with E-state index in [1.807, 2.05) is 4.90 Å². The Labute approximate surface area is 98.3 Å². The predicted octanol–water partition coefficient (Wildman–Crippen LogP) is 2.00. The smallest absolute Gasteiger partial charge is 0.317 e. The van der Waals surface area contributed by atoms with E-state index in [9.17, 15) is 4.79 Å². The van der Waals surface area contributed by atoms with Gasteiger partial charge in [-0.2, -0.15) is 0 Å². The van der Waals surface area contributed by atoms with Crippen LogP contribution in [0.1, 0.15) is 39.0 Å². The Morgan fingerprint density at radius 3 is 2.94 bits per heavy atom.